The van der Waals surface area contributed by atoms with Crippen molar-refractivity contribution in [3.63, 3.8) is 0 Å². The van der Waals surface area contributed by atoms with Gasteiger partial charge in [0.2, 0.25) is 5.91 Å². The van der Waals surface area contributed by atoms with Crippen LogP contribution in [0.4, 0.5) is 5.13 Å². The van der Waals surface area contributed by atoms with Crippen LogP contribution in [-0.2, 0) is 11.2 Å². The molecule has 0 atom stereocenters. The largest absolute Gasteiger partial charge is 0.497 e. The number of methoxy groups -OCH3 is 1. The lowest BCUT2D eigenvalue weighted by Crippen LogP contribution is -2.13. The normalized spacial score (nSPS) is 11.0. The van der Waals surface area contributed by atoms with E-state index in [0.29, 0.717) is 27.9 Å². The Bertz CT molecular complexity index is 1080. The Morgan fingerprint density at radius 3 is 2.96 bits per heavy atom. The van der Waals surface area contributed by atoms with E-state index >= 15 is 0 Å². The maximum absolute atomic E-state index is 12.4. The van der Waals surface area contributed by atoms with Gasteiger partial charge in [0, 0.05) is 22.4 Å². The monoisotopic (exact) mass is 368 g/mol. The SMILES string of the molecule is COc1ccc2c(CC(=O)Nc3nc(-c4ccc(C)o4)cs3)coc2c1. The van der Waals surface area contributed by atoms with Crippen LogP contribution in [0.15, 0.2) is 50.8 Å². The number of ether oxygens (including phenoxy) is 1. The fourth-order valence-corrected chi connectivity index (χ4v) is 3.40. The average molecular weight is 368 g/mol. The van der Waals surface area contributed by atoms with Gasteiger partial charge in [-0.25, -0.2) is 4.98 Å². The summed E-state index contributed by atoms with van der Waals surface area (Å²) in [5.41, 5.74) is 2.22. The van der Waals surface area contributed by atoms with Crippen molar-refractivity contribution in [1.29, 1.82) is 0 Å². The van der Waals surface area contributed by atoms with Gasteiger partial charge in [0.05, 0.1) is 19.8 Å². The molecule has 132 valence electrons. The molecule has 4 rings (SSSR count). The molecule has 0 unspecified atom stereocenters. The van der Waals surface area contributed by atoms with Crippen LogP contribution in [0.3, 0.4) is 0 Å². The van der Waals surface area contributed by atoms with E-state index in [-0.39, 0.29) is 12.3 Å². The smallest absolute Gasteiger partial charge is 0.230 e. The molecule has 0 radical (unpaired) electrons. The quantitative estimate of drug-likeness (QED) is 0.555. The summed E-state index contributed by atoms with van der Waals surface area (Å²) in [6.45, 7) is 1.88. The van der Waals surface area contributed by atoms with Crippen molar-refractivity contribution in [3.8, 4) is 17.2 Å². The molecule has 0 spiro atoms. The van der Waals surface area contributed by atoms with Crippen LogP contribution in [0.25, 0.3) is 22.4 Å². The number of amides is 1. The number of thiazole rings is 1. The zero-order valence-electron chi connectivity index (χ0n) is 14.2. The van der Waals surface area contributed by atoms with Crippen LogP contribution in [-0.4, -0.2) is 18.0 Å². The number of furan rings is 2. The topological polar surface area (TPSA) is 77.5 Å². The van der Waals surface area contributed by atoms with Gasteiger partial charge in [-0.05, 0) is 31.2 Å². The highest BCUT2D eigenvalue weighted by molar-refractivity contribution is 7.14. The lowest BCUT2D eigenvalue weighted by molar-refractivity contribution is -0.115. The van der Waals surface area contributed by atoms with Gasteiger partial charge in [-0.2, -0.15) is 0 Å². The third kappa shape index (κ3) is 3.21. The number of hydrogen-bond acceptors (Lipinski definition) is 6. The van der Waals surface area contributed by atoms with E-state index in [9.17, 15) is 4.79 Å². The predicted molar refractivity (Wildman–Crippen MR) is 99.7 cm³/mol. The molecule has 6 nitrogen and oxygen atoms in total. The Kier molecular flexibility index (Phi) is 4.22. The Hall–Kier alpha value is -3.06. The first-order chi connectivity index (χ1) is 12.6. The summed E-state index contributed by atoms with van der Waals surface area (Å²) in [6.07, 6.45) is 1.80. The molecule has 0 saturated carbocycles. The summed E-state index contributed by atoms with van der Waals surface area (Å²) in [5, 5.41) is 6.11. The van der Waals surface area contributed by atoms with Crippen molar-refractivity contribution in [2.45, 2.75) is 13.3 Å². The number of nitrogens with one attached hydrogen (secondary N) is 1. The van der Waals surface area contributed by atoms with Gasteiger partial charge in [-0.1, -0.05) is 0 Å². The Morgan fingerprint density at radius 1 is 1.31 bits per heavy atom. The van der Waals surface area contributed by atoms with E-state index in [1.54, 1.807) is 19.4 Å². The third-order valence-corrected chi connectivity index (χ3v) is 4.71. The number of nitrogens with zero attached hydrogens (tertiary/aromatic N) is 1. The summed E-state index contributed by atoms with van der Waals surface area (Å²) in [5.74, 6) is 2.07. The number of rotatable bonds is 5. The summed E-state index contributed by atoms with van der Waals surface area (Å²) in [7, 11) is 1.60. The fourth-order valence-electron chi connectivity index (χ4n) is 2.68. The van der Waals surface area contributed by atoms with Crippen LogP contribution in [0.2, 0.25) is 0 Å². The number of anilines is 1. The summed E-state index contributed by atoms with van der Waals surface area (Å²) in [4.78, 5) is 16.8. The first-order valence-electron chi connectivity index (χ1n) is 7.98. The number of aryl methyl sites for hydroxylation is 1. The number of carbonyl (C=O) groups excluding carboxylic acids is 1. The van der Waals surface area contributed by atoms with E-state index in [4.69, 9.17) is 13.6 Å². The minimum atomic E-state index is -0.153. The van der Waals surface area contributed by atoms with Gasteiger partial charge in [-0.3, -0.25) is 4.79 Å². The Balaban J connectivity index is 1.47. The summed E-state index contributed by atoms with van der Waals surface area (Å²) in [6, 6.07) is 9.28. The highest BCUT2D eigenvalue weighted by atomic mass is 32.1. The van der Waals surface area contributed by atoms with E-state index in [1.165, 1.54) is 11.3 Å². The van der Waals surface area contributed by atoms with Gasteiger partial charge in [0.15, 0.2) is 10.9 Å². The van der Waals surface area contributed by atoms with E-state index in [0.717, 1.165) is 16.7 Å². The van der Waals surface area contributed by atoms with Gasteiger partial charge in [0.25, 0.3) is 0 Å². The third-order valence-electron chi connectivity index (χ3n) is 3.96. The van der Waals surface area contributed by atoms with Crippen molar-refractivity contribution < 1.29 is 18.4 Å². The molecule has 3 heterocycles. The maximum atomic E-state index is 12.4. The highest BCUT2D eigenvalue weighted by Gasteiger charge is 2.14. The zero-order chi connectivity index (χ0) is 18.1. The molecule has 0 saturated heterocycles. The molecule has 26 heavy (non-hydrogen) atoms. The van der Waals surface area contributed by atoms with Crippen molar-refractivity contribution in [2.24, 2.45) is 0 Å². The van der Waals surface area contributed by atoms with E-state index < -0.39 is 0 Å². The molecule has 4 aromatic rings. The van der Waals surface area contributed by atoms with Gasteiger partial charge in [-0.15, -0.1) is 11.3 Å². The predicted octanol–water partition coefficient (Wildman–Crippen LogP) is 4.65. The van der Waals surface area contributed by atoms with Crippen LogP contribution >= 0.6 is 11.3 Å². The minimum absolute atomic E-state index is 0.153. The molecule has 0 fully saturated rings. The first kappa shape index (κ1) is 16.4. The second-order valence-electron chi connectivity index (χ2n) is 5.80. The molecule has 0 aliphatic heterocycles. The van der Waals surface area contributed by atoms with E-state index in [1.807, 2.05) is 36.6 Å². The van der Waals surface area contributed by atoms with Crippen LogP contribution in [0.5, 0.6) is 5.75 Å². The van der Waals surface area contributed by atoms with Crippen molar-refractivity contribution in [2.75, 3.05) is 12.4 Å². The van der Waals surface area contributed by atoms with Crippen LogP contribution in [0, 0.1) is 6.92 Å². The lowest BCUT2D eigenvalue weighted by Gasteiger charge is -2.01. The minimum Gasteiger partial charge on any atom is -0.497 e. The van der Waals surface area contributed by atoms with Crippen LogP contribution < -0.4 is 10.1 Å². The molecular formula is C19H16N2O4S. The van der Waals surface area contributed by atoms with Crippen molar-refractivity contribution >= 4 is 33.3 Å². The molecule has 3 aromatic heterocycles. The Labute approximate surface area is 153 Å². The molecule has 0 bridgehead atoms. The number of carbonyl (C=O) groups is 1. The van der Waals surface area contributed by atoms with Gasteiger partial charge >= 0.3 is 0 Å². The van der Waals surface area contributed by atoms with Crippen LogP contribution in [0.1, 0.15) is 11.3 Å². The molecule has 1 aromatic carbocycles. The summed E-state index contributed by atoms with van der Waals surface area (Å²) >= 11 is 1.36. The number of benzene rings is 1. The summed E-state index contributed by atoms with van der Waals surface area (Å²) < 4.78 is 16.2. The number of aromatic nitrogens is 1. The molecule has 1 N–H and O–H groups in total. The lowest BCUT2D eigenvalue weighted by atomic mass is 10.1. The van der Waals surface area contributed by atoms with E-state index in [2.05, 4.69) is 10.3 Å². The maximum Gasteiger partial charge on any atom is 0.230 e. The fraction of sp³-hybridized carbons (Fsp3) is 0.158. The molecule has 1 amide bonds. The molecular weight excluding hydrogens is 352 g/mol. The average Bonchev–Trinajstić information content (AvgIpc) is 3.35. The zero-order valence-corrected chi connectivity index (χ0v) is 15.1. The van der Waals surface area contributed by atoms with Crippen molar-refractivity contribution in [3.05, 3.63) is 53.3 Å². The number of hydrogen-bond donors (Lipinski definition) is 1. The standard InChI is InChI=1S/C19H16N2O4S/c1-11-3-6-16(25-11)15-10-26-19(20-15)21-18(22)7-12-9-24-17-8-13(23-2)4-5-14(12)17/h3-6,8-10H,7H2,1-2H3,(H,20,21,22). The van der Waals surface area contributed by atoms with Crippen molar-refractivity contribution in [1.82, 2.24) is 4.98 Å². The first-order valence-corrected chi connectivity index (χ1v) is 8.86. The van der Waals surface area contributed by atoms with Gasteiger partial charge < -0.3 is 18.9 Å². The highest BCUT2D eigenvalue weighted by Crippen LogP contribution is 2.28. The Morgan fingerprint density at radius 2 is 2.19 bits per heavy atom. The second kappa shape index (κ2) is 6.68. The number of fused-ring (bicyclic) bond motifs is 1. The second-order valence-corrected chi connectivity index (χ2v) is 6.65. The molecule has 7 heteroatoms. The van der Waals surface area contributed by atoms with Gasteiger partial charge in [0.1, 0.15) is 22.8 Å². The molecule has 0 aliphatic rings. The molecule has 0 aliphatic carbocycles.